The Morgan fingerprint density at radius 2 is 1.95 bits per heavy atom. The fourth-order valence-electron chi connectivity index (χ4n) is 2.34. The van der Waals surface area contributed by atoms with E-state index >= 15 is 0 Å². The zero-order valence-electron chi connectivity index (χ0n) is 10.6. The summed E-state index contributed by atoms with van der Waals surface area (Å²) in [6.07, 6.45) is 3.47. The highest BCUT2D eigenvalue weighted by Gasteiger charge is 2.16. The lowest BCUT2D eigenvalue weighted by molar-refractivity contribution is 0.600. The van der Waals surface area contributed by atoms with Crippen molar-refractivity contribution >= 4 is 22.4 Å². The van der Waals surface area contributed by atoms with E-state index in [1.807, 2.05) is 24.3 Å². The molecule has 1 unspecified atom stereocenters. The van der Waals surface area contributed by atoms with E-state index in [9.17, 15) is 4.39 Å². The van der Waals surface area contributed by atoms with Crippen LogP contribution in [0.1, 0.15) is 17.2 Å². The predicted molar refractivity (Wildman–Crippen MR) is 79.2 cm³/mol. The van der Waals surface area contributed by atoms with Crippen molar-refractivity contribution in [2.45, 2.75) is 6.04 Å². The number of halogens is 2. The second-order valence-corrected chi connectivity index (χ2v) is 5.02. The van der Waals surface area contributed by atoms with Gasteiger partial charge in [0.05, 0.1) is 6.04 Å². The fraction of sp³-hybridized carbons (Fsp3) is 0.0625. The van der Waals surface area contributed by atoms with Gasteiger partial charge in [0.25, 0.3) is 0 Å². The normalized spacial score (nSPS) is 12.6. The van der Waals surface area contributed by atoms with Crippen molar-refractivity contribution in [2.24, 2.45) is 5.73 Å². The van der Waals surface area contributed by atoms with E-state index in [2.05, 4.69) is 4.98 Å². The molecule has 4 heteroatoms. The molecular weight excluding hydrogens is 275 g/mol. The van der Waals surface area contributed by atoms with Gasteiger partial charge in [-0.3, -0.25) is 4.98 Å². The molecule has 100 valence electrons. The van der Waals surface area contributed by atoms with Gasteiger partial charge in [0.2, 0.25) is 0 Å². The molecule has 2 nitrogen and oxygen atoms in total. The van der Waals surface area contributed by atoms with Crippen LogP contribution in [0.4, 0.5) is 4.39 Å². The third kappa shape index (κ3) is 2.26. The molecule has 2 N–H and O–H groups in total. The number of hydrogen-bond donors (Lipinski definition) is 1. The molecule has 3 rings (SSSR count). The Hall–Kier alpha value is -1.97. The SMILES string of the molecule is NC(c1cc(Cl)ccc1F)c1cccc2cnccc12. The minimum Gasteiger partial charge on any atom is -0.320 e. The highest BCUT2D eigenvalue weighted by Crippen LogP contribution is 2.29. The lowest BCUT2D eigenvalue weighted by atomic mass is 9.95. The molecule has 1 aromatic heterocycles. The minimum absolute atomic E-state index is 0.354. The van der Waals surface area contributed by atoms with Gasteiger partial charge in [0, 0.05) is 28.4 Å². The number of benzene rings is 2. The van der Waals surface area contributed by atoms with Crippen LogP contribution < -0.4 is 5.73 Å². The van der Waals surface area contributed by atoms with E-state index in [0.717, 1.165) is 16.3 Å². The van der Waals surface area contributed by atoms with E-state index in [1.54, 1.807) is 18.5 Å². The number of rotatable bonds is 2. The maximum Gasteiger partial charge on any atom is 0.128 e. The first-order valence-corrected chi connectivity index (χ1v) is 6.58. The van der Waals surface area contributed by atoms with E-state index in [-0.39, 0.29) is 5.82 Å². The maximum absolute atomic E-state index is 14.0. The number of hydrogen-bond acceptors (Lipinski definition) is 2. The third-order valence-corrected chi connectivity index (χ3v) is 3.58. The molecule has 1 atom stereocenters. The Balaban J connectivity index is 2.17. The summed E-state index contributed by atoms with van der Waals surface area (Å²) < 4.78 is 14.0. The quantitative estimate of drug-likeness (QED) is 0.771. The van der Waals surface area contributed by atoms with Crippen LogP contribution in [0.25, 0.3) is 10.8 Å². The molecule has 20 heavy (non-hydrogen) atoms. The summed E-state index contributed by atoms with van der Waals surface area (Å²) in [6, 6.07) is 11.5. The Morgan fingerprint density at radius 3 is 2.80 bits per heavy atom. The van der Waals surface area contributed by atoms with Crippen molar-refractivity contribution in [3.63, 3.8) is 0 Å². The molecule has 2 aromatic carbocycles. The van der Waals surface area contributed by atoms with Crippen molar-refractivity contribution in [3.8, 4) is 0 Å². The van der Waals surface area contributed by atoms with Gasteiger partial charge >= 0.3 is 0 Å². The van der Waals surface area contributed by atoms with Crippen LogP contribution in [-0.4, -0.2) is 4.98 Å². The lowest BCUT2D eigenvalue weighted by Crippen LogP contribution is -2.14. The van der Waals surface area contributed by atoms with Gasteiger partial charge in [-0.25, -0.2) is 4.39 Å². The molecular formula is C16H12ClFN2. The van der Waals surface area contributed by atoms with Gasteiger partial charge in [0.1, 0.15) is 5.82 Å². The number of aromatic nitrogens is 1. The monoisotopic (exact) mass is 286 g/mol. The van der Waals surface area contributed by atoms with E-state index in [1.165, 1.54) is 12.1 Å². The average molecular weight is 287 g/mol. The van der Waals surface area contributed by atoms with Crippen LogP contribution in [0, 0.1) is 5.82 Å². The lowest BCUT2D eigenvalue weighted by Gasteiger charge is -2.16. The molecule has 0 saturated carbocycles. The van der Waals surface area contributed by atoms with Crippen molar-refractivity contribution in [2.75, 3.05) is 0 Å². The number of fused-ring (bicyclic) bond motifs is 1. The highest BCUT2D eigenvalue weighted by molar-refractivity contribution is 6.30. The minimum atomic E-state index is -0.570. The predicted octanol–water partition coefficient (Wildman–Crippen LogP) is 4.08. The molecule has 0 aliphatic heterocycles. The summed E-state index contributed by atoms with van der Waals surface area (Å²) in [7, 11) is 0. The molecule has 0 aliphatic rings. The third-order valence-electron chi connectivity index (χ3n) is 3.34. The number of nitrogens with two attached hydrogens (primary N) is 1. The van der Waals surface area contributed by atoms with Gasteiger partial charge in [-0.05, 0) is 35.2 Å². The van der Waals surface area contributed by atoms with Crippen molar-refractivity contribution < 1.29 is 4.39 Å². The summed E-state index contributed by atoms with van der Waals surface area (Å²) in [5.74, 6) is -0.354. The number of nitrogens with zero attached hydrogens (tertiary/aromatic N) is 1. The molecule has 0 bridgehead atoms. The first-order chi connectivity index (χ1) is 9.66. The topological polar surface area (TPSA) is 38.9 Å². The van der Waals surface area contributed by atoms with Gasteiger partial charge in [-0.2, -0.15) is 0 Å². The maximum atomic E-state index is 14.0. The summed E-state index contributed by atoms with van der Waals surface area (Å²) in [5.41, 5.74) is 7.48. The molecule has 1 heterocycles. The van der Waals surface area contributed by atoms with Gasteiger partial charge in [-0.1, -0.05) is 29.8 Å². The fourth-order valence-corrected chi connectivity index (χ4v) is 2.52. The number of pyridine rings is 1. The zero-order chi connectivity index (χ0) is 14.1. The molecule has 0 spiro atoms. The molecule has 0 saturated heterocycles. The summed E-state index contributed by atoms with van der Waals surface area (Å²) in [6.45, 7) is 0. The average Bonchev–Trinajstić information content (AvgIpc) is 2.48. The standard InChI is InChI=1S/C16H12ClFN2/c17-11-4-5-15(18)14(8-11)16(19)13-3-1-2-10-9-20-7-6-12(10)13/h1-9,16H,19H2. The van der Waals surface area contributed by atoms with Gasteiger partial charge < -0.3 is 5.73 Å². The van der Waals surface area contributed by atoms with Crippen LogP contribution in [0.2, 0.25) is 5.02 Å². The Morgan fingerprint density at radius 1 is 1.10 bits per heavy atom. The van der Waals surface area contributed by atoms with Crippen LogP contribution in [0.5, 0.6) is 0 Å². The summed E-state index contributed by atoms with van der Waals surface area (Å²) in [4.78, 5) is 4.08. The smallest absolute Gasteiger partial charge is 0.128 e. The van der Waals surface area contributed by atoms with Crippen LogP contribution >= 0.6 is 11.6 Å². The Bertz CT molecular complexity index is 768. The largest absolute Gasteiger partial charge is 0.320 e. The summed E-state index contributed by atoms with van der Waals surface area (Å²) >= 11 is 5.93. The van der Waals surface area contributed by atoms with Crippen LogP contribution in [0.3, 0.4) is 0 Å². The second-order valence-electron chi connectivity index (χ2n) is 4.59. The second kappa shape index (κ2) is 5.19. The van der Waals surface area contributed by atoms with E-state index < -0.39 is 6.04 Å². The van der Waals surface area contributed by atoms with Crippen LogP contribution in [0.15, 0.2) is 54.9 Å². The van der Waals surface area contributed by atoms with E-state index in [0.29, 0.717) is 10.6 Å². The molecule has 0 amide bonds. The van der Waals surface area contributed by atoms with E-state index in [4.69, 9.17) is 17.3 Å². The first kappa shape index (κ1) is 13.0. The van der Waals surface area contributed by atoms with Crippen molar-refractivity contribution in [1.29, 1.82) is 0 Å². The van der Waals surface area contributed by atoms with Crippen molar-refractivity contribution in [3.05, 3.63) is 76.8 Å². The zero-order valence-corrected chi connectivity index (χ0v) is 11.3. The molecule has 3 aromatic rings. The van der Waals surface area contributed by atoms with Crippen LogP contribution in [-0.2, 0) is 0 Å². The Labute approximate surface area is 121 Å². The molecule has 0 radical (unpaired) electrons. The molecule has 0 fully saturated rings. The first-order valence-electron chi connectivity index (χ1n) is 6.20. The van der Waals surface area contributed by atoms with Gasteiger partial charge in [-0.15, -0.1) is 0 Å². The summed E-state index contributed by atoms with van der Waals surface area (Å²) in [5, 5.41) is 2.41. The van der Waals surface area contributed by atoms with Crippen molar-refractivity contribution in [1.82, 2.24) is 4.98 Å². The molecule has 0 aliphatic carbocycles. The van der Waals surface area contributed by atoms with Gasteiger partial charge in [0.15, 0.2) is 0 Å². The Kier molecular flexibility index (Phi) is 3.38. The highest BCUT2D eigenvalue weighted by atomic mass is 35.5.